The van der Waals surface area contributed by atoms with E-state index in [-0.39, 0.29) is 17.3 Å². The van der Waals surface area contributed by atoms with Crippen LogP contribution in [0.25, 0.3) is 21.8 Å². The summed E-state index contributed by atoms with van der Waals surface area (Å²) in [5.74, 6) is 0.0623. The molecule has 29 heavy (non-hydrogen) atoms. The molecule has 0 spiro atoms. The zero-order valence-electron chi connectivity index (χ0n) is 15.2. The van der Waals surface area contributed by atoms with Crippen LogP contribution in [0.4, 0.5) is 16.1 Å². The Hall–Kier alpha value is -4.00. The Bertz CT molecular complexity index is 1330. The van der Waals surface area contributed by atoms with Crippen molar-refractivity contribution in [2.24, 2.45) is 0 Å². The topological polar surface area (TPSA) is 73.0 Å². The van der Waals surface area contributed by atoms with Crippen molar-refractivity contribution in [2.45, 2.75) is 6.54 Å². The maximum atomic E-state index is 13.1. The van der Waals surface area contributed by atoms with E-state index in [0.717, 1.165) is 11.0 Å². The summed E-state index contributed by atoms with van der Waals surface area (Å²) >= 11 is 0. The fraction of sp³-hybridized carbons (Fsp3) is 0.0455. The second-order valence-corrected chi connectivity index (χ2v) is 6.58. The summed E-state index contributed by atoms with van der Waals surface area (Å²) in [5, 5.41) is 12.3. The highest BCUT2D eigenvalue weighted by Gasteiger charge is 2.13. The molecule has 1 N–H and O–H groups in total. The van der Waals surface area contributed by atoms with Crippen molar-refractivity contribution in [3.05, 3.63) is 94.7 Å². The predicted octanol–water partition coefficient (Wildman–Crippen LogP) is 4.47. The molecule has 0 unspecified atom stereocenters. The number of hydrogen-bond acceptors (Lipinski definition) is 5. The Labute approximate surface area is 164 Å². The number of halogens is 1. The summed E-state index contributed by atoms with van der Waals surface area (Å²) < 4.78 is 20.8. The normalized spacial score (nSPS) is 11.2. The molecule has 0 saturated carbocycles. The molecule has 0 aliphatic heterocycles. The van der Waals surface area contributed by atoms with Crippen LogP contribution >= 0.6 is 0 Å². The van der Waals surface area contributed by atoms with E-state index in [2.05, 4.69) is 15.5 Å². The van der Waals surface area contributed by atoms with Crippen molar-refractivity contribution in [3.8, 4) is 0 Å². The quantitative estimate of drug-likeness (QED) is 0.462. The fourth-order valence-corrected chi connectivity index (χ4v) is 3.41. The molecule has 0 atom stereocenters. The average Bonchev–Trinajstić information content (AvgIpc) is 3.20. The van der Waals surface area contributed by atoms with Crippen molar-refractivity contribution in [3.63, 3.8) is 0 Å². The molecule has 5 rings (SSSR count). The highest BCUT2D eigenvalue weighted by molar-refractivity contribution is 5.93. The summed E-state index contributed by atoms with van der Waals surface area (Å²) in [7, 11) is 0. The van der Waals surface area contributed by atoms with Gasteiger partial charge in [-0.15, -0.1) is 5.10 Å². The number of benzene rings is 3. The lowest BCUT2D eigenvalue weighted by molar-refractivity contribution is 0.497. The molecule has 0 fully saturated rings. The van der Waals surface area contributed by atoms with E-state index in [1.54, 1.807) is 12.1 Å². The number of aromatic nitrogens is 3. The first-order chi connectivity index (χ1) is 14.2. The minimum Gasteiger partial charge on any atom is -0.406 e. The van der Waals surface area contributed by atoms with Gasteiger partial charge in [-0.25, -0.2) is 4.39 Å². The monoisotopic (exact) mass is 386 g/mol. The predicted molar refractivity (Wildman–Crippen MR) is 109 cm³/mol. The molecule has 0 radical (unpaired) electrons. The zero-order valence-corrected chi connectivity index (χ0v) is 15.2. The molecular weight excluding hydrogens is 371 g/mol. The summed E-state index contributed by atoms with van der Waals surface area (Å²) in [6.07, 6.45) is 0. The molecule has 2 heterocycles. The summed E-state index contributed by atoms with van der Waals surface area (Å²) in [6, 6.07) is 21.0. The van der Waals surface area contributed by atoms with Crippen LogP contribution in [0.1, 0.15) is 5.89 Å². The lowest BCUT2D eigenvalue weighted by Crippen LogP contribution is -2.12. The van der Waals surface area contributed by atoms with Crippen LogP contribution in [0, 0.1) is 5.82 Å². The third kappa shape index (κ3) is 3.12. The second kappa shape index (κ2) is 6.87. The molecule has 2 aromatic heterocycles. The van der Waals surface area contributed by atoms with E-state index < -0.39 is 0 Å². The van der Waals surface area contributed by atoms with Gasteiger partial charge in [-0.3, -0.25) is 4.79 Å². The van der Waals surface area contributed by atoms with Crippen LogP contribution < -0.4 is 10.7 Å². The highest BCUT2D eigenvalue weighted by atomic mass is 19.1. The van der Waals surface area contributed by atoms with E-state index in [1.807, 2.05) is 53.1 Å². The Morgan fingerprint density at radius 3 is 2.14 bits per heavy atom. The Morgan fingerprint density at radius 1 is 0.862 bits per heavy atom. The first-order valence-electron chi connectivity index (χ1n) is 9.04. The maximum Gasteiger partial charge on any atom is 0.320 e. The average molecular weight is 386 g/mol. The molecule has 7 heteroatoms. The van der Waals surface area contributed by atoms with Crippen molar-refractivity contribution in [1.82, 2.24) is 14.8 Å². The number of rotatable bonds is 4. The van der Waals surface area contributed by atoms with Gasteiger partial charge in [0.1, 0.15) is 12.4 Å². The number of anilines is 2. The number of pyridine rings is 1. The molecule has 0 bridgehead atoms. The van der Waals surface area contributed by atoms with E-state index >= 15 is 0 Å². The van der Waals surface area contributed by atoms with Gasteiger partial charge in [-0.2, -0.15) is 0 Å². The summed E-state index contributed by atoms with van der Waals surface area (Å²) in [4.78, 5) is 12.8. The van der Waals surface area contributed by atoms with Gasteiger partial charge in [0.2, 0.25) is 5.89 Å². The highest BCUT2D eigenvalue weighted by Crippen LogP contribution is 2.21. The largest absolute Gasteiger partial charge is 0.406 e. The van der Waals surface area contributed by atoms with E-state index in [9.17, 15) is 9.18 Å². The SMILES string of the molecule is O=c1c2ccccc2n(Cc2nnc(Nc3ccc(F)cc3)o2)c2ccccc12. The van der Waals surface area contributed by atoms with Gasteiger partial charge in [0.25, 0.3) is 0 Å². The van der Waals surface area contributed by atoms with E-state index in [0.29, 0.717) is 28.9 Å². The zero-order chi connectivity index (χ0) is 19.8. The molecule has 3 aromatic carbocycles. The molecule has 0 aliphatic rings. The van der Waals surface area contributed by atoms with Crippen molar-refractivity contribution in [1.29, 1.82) is 0 Å². The number of fused-ring (bicyclic) bond motifs is 2. The Kier molecular flexibility index (Phi) is 4.05. The van der Waals surface area contributed by atoms with Crippen LogP contribution in [0.5, 0.6) is 0 Å². The van der Waals surface area contributed by atoms with Crippen molar-refractivity contribution >= 4 is 33.5 Å². The van der Waals surface area contributed by atoms with Gasteiger partial charge in [-0.05, 0) is 48.5 Å². The van der Waals surface area contributed by atoms with Crippen molar-refractivity contribution < 1.29 is 8.81 Å². The van der Waals surface area contributed by atoms with Gasteiger partial charge in [0, 0.05) is 16.5 Å². The maximum absolute atomic E-state index is 13.1. The molecule has 0 aliphatic carbocycles. The third-order valence-corrected chi connectivity index (χ3v) is 4.73. The standard InChI is InChI=1S/C22H15FN4O2/c23-14-9-11-15(12-10-14)24-22-26-25-20(29-22)13-27-18-7-3-1-5-16(18)21(28)17-6-2-4-8-19(17)27/h1-12H,13H2,(H,24,26). The van der Waals surface area contributed by atoms with Crippen LogP contribution in [-0.2, 0) is 6.54 Å². The molecular formula is C22H15FN4O2. The van der Waals surface area contributed by atoms with Gasteiger partial charge in [0.15, 0.2) is 5.43 Å². The second-order valence-electron chi connectivity index (χ2n) is 6.58. The summed E-state index contributed by atoms with van der Waals surface area (Å²) in [6.45, 7) is 0.305. The Morgan fingerprint density at radius 2 is 1.48 bits per heavy atom. The van der Waals surface area contributed by atoms with Gasteiger partial charge < -0.3 is 14.3 Å². The minimum absolute atomic E-state index is 0.00311. The number of para-hydroxylation sites is 2. The molecule has 5 aromatic rings. The van der Waals surface area contributed by atoms with Gasteiger partial charge in [0.05, 0.1) is 11.0 Å². The van der Waals surface area contributed by atoms with Gasteiger partial charge in [-0.1, -0.05) is 29.4 Å². The van der Waals surface area contributed by atoms with E-state index in [1.165, 1.54) is 12.1 Å². The van der Waals surface area contributed by atoms with Crippen LogP contribution in [0.3, 0.4) is 0 Å². The van der Waals surface area contributed by atoms with Crippen LogP contribution in [0.15, 0.2) is 82.0 Å². The lowest BCUT2D eigenvalue weighted by Gasteiger charge is -2.13. The first kappa shape index (κ1) is 17.1. The smallest absolute Gasteiger partial charge is 0.320 e. The summed E-state index contributed by atoms with van der Waals surface area (Å²) in [5.41, 5.74) is 2.22. The first-order valence-corrected chi connectivity index (χ1v) is 9.04. The molecule has 0 saturated heterocycles. The van der Waals surface area contributed by atoms with Gasteiger partial charge >= 0.3 is 6.01 Å². The minimum atomic E-state index is -0.321. The van der Waals surface area contributed by atoms with Crippen LogP contribution in [0.2, 0.25) is 0 Å². The Balaban J connectivity index is 1.55. The fourth-order valence-electron chi connectivity index (χ4n) is 3.41. The van der Waals surface area contributed by atoms with Crippen LogP contribution in [-0.4, -0.2) is 14.8 Å². The third-order valence-electron chi connectivity index (χ3n) is 4.73. The van der Waals surface area contributed by atoms with E-state index in [4.69, 9.17) is 4.42 Å². The molecule has 6 nitrogen and oxygen atoms in total. The number of hydrogen-bond donors (Lipinski definition) is 1. The molecule has 142 valence electrons. The van der Waals surface area contributed by atoms with Crippen molar-refractivity contribution in [2.75, 3.05) is 5.32 Å². The molecule has 0 amide bonds. The number of nitrogens with one attached hydrogen (secondary N) is 1. The number of nitrogens with zero attached hydrogens (tertiary/aromatic N) is 3. The lowest BCUT2D eigenvalue weighted by atomic mass is 10.1.